The number of nitrogens with one attached hydrogen (secondary N) is 1. The topological polar surface area (TPSA) is 70.6 Å². The standard InChI is InChI=1S/C6H13N3O/c1-5(9-10)6(7)3-4-8-2/h3-5,9-10H,7H2,1-2H3/b6-3-,8-4?. The predicted molar refractivity (Wildman–Crippen MR) is 41.1 cm³/mol. The maximum absolute atomic E-state index is 8.39. The molecule has 0 spiro atoms. The van der Waals surface area contributed by atoms with Crippen molar-refractivity contribution in [2.45, 2.75) is 13.0 Å². The third-order valence-corrected chi connectivity index (χ3v) is 1.11. The summed E-state index contributed by atoms with van der Waals surface area (Å²) in [5, 5.41) is 8.39. The summed E-state index contributed by atoms with van der Waals surface area (Å²) in [6.45, 7) is 1.75. The number of rotatable bonds is 3. The Kier molecular flexibility index (Phi) is 4.53. The van der Waals surface area contributed by atoms with Crippen molar-refractivity contribution in [2.24, 2.45) is 10.7 Å². The molecule has 0 fully saturated rings. The third-order valence-electron chi connectivity index (χ3n) is 1.11. The lowest BCUT2D eigenvalue weighted by Gasteiger charge is -2.06. The predicted octanol–water partition coefficient (Wildman–Crippen LogP) is -0.103. The van der Waals surface area contributed by atoms with Crippen molar-refractivity contribution in [3.05, 3.63) is 11.8 Å². The Labute approximate surface area is 60.4 Å². The molecule has 1 atom stereocenters. The largest absolute Gasteiger partial charge is 0.401 e. The van der Waals surface area contributed by atoms with E-state index in [9.17, 15) is 0 Å². The summed E-state index contributed by atoms with van der Waals surface area (Å²) in [6.07, 6.45) is 3.21. The van der Waals surface area contributed by atoms with Crippen molar-refractivity contribution in [1.82, 2.24) is 5.48 Å². The normalized spacial score (nSPS) is 16.1. The number of hydroxylamine groups is 1. The van der Waals surface area contributed by atoms with E-state index < -0.39 is 0 Å². The van der Waals surface area contributed by atoms with Crippen LogP contribution in [0.1, 0.15) is 6.92 Å². The molecule has 0 rings (SSSR count). The van der Waals surface area contributed by atoms with Gasteiger partial charge in [0.1, 0.15) is 0 Å². The minimum atomic E-state index is -0.224. The van der Waals surface area contributed by atoms with Gasteiger partial charge in [-0.15, -0.1) is 0 Å². The number of nitrogens with zero attached hydrogens (tertiary/aromatic N) is 1. The van der Waals surface area contributed by atoms with Gasteiger partial charge in [-0.25, -0.2) is 0 Å². The molecule has 0 aromatic heterocycles. The first-order valence-corrected chi connectivity index (χ1v) is 2.99. The van der Waals surface area contributed by atoms with Gasteiger partial charge in [0.05, 0.1) is 6.04 Å². The van der Waals surface area contributed by atoms with E-state index in [0.29, 0.717) is 5.70 Å². The molecule has 0 aromatic carbocycles. The van der Waals surface area contributed by atoms with E-state index in [0.717, 1.165) is 0 Å². The van der Waals surface area contributed by atoms with Crippen LogP contribution in [0.25, 0.3) is 0 Å². The lowest BCUT2D eigenvalue weighted by atomic mass is 10.2. The second-order valence-corrected chi connectivity index (χ2v) is 1.92. The molecule has 1 unspecified atom stereocenters. The molecule has 58 valence electrons. The number of allylic oxidation sites excluding steroid dienone is 1. The highest BCUT2D eigenvalue weighted by Gasteiger charge is 1.99. The van der Waals surface area contributed by atoms with E-state index in [1.807, 2.05) is 5.48 Å². The van der Waals surface area contributed by atoms with Crippen molar-refractivity contribution < 1.29 is 5.21 Å². The summed E-state index contributed by atoms with van der Waals surface area (Å²) in [4.78, 5) is 3.70. The molecular weight excluding hydrogens is 130 g/mol. The first-order valence-electron chi connectivity index (χ1n) is 2.99. The Bertz CT molecular complexity index is 142. The van der Waals surface area contributed by atoms with Gasteiger partial charge in [-0.05, 0) is 13.0 Å². The van der Waals surface area contributed by atoms with E-state index in [4.69, 9.17) is 10.9 Å². The van der Waals surface area contributed by atoms with E-state index in [1.165, 1.54) is 0 Å². The Morgan fingerprint density at radius 3 is 2.80 bits per heavy atom. The minimum absolute atomic E-state index is 0.224. The molecule has 4 N–H and O–H groups in total. The highest BCUT2D eigenvalue weighted by atomic mass is 16.5. The minimum Gasteiger partial charge on any atom is -0.401 e. The van der Waals surface area contributed by atoms with E-state index in [2.05, 4.69) is 4.99 Å². The number of nitrogens with two attached hydrogens (primary N) is 1. The van der Waals surface area contributed by atoms with Crippen LogP contribution in [0.15, 0.2) is 16.8 Å². The fraction of sp³-hybridized carbons (Fsp3) is 0.500. The maximum atomic E-state index is 8.39. The molecule has 0 heterocycles. The average molecular weight is 143 g/mol. The fourth-order valence-corrected chi connectivity index (χ4v) is 0.379. The second kappa shape index (κ2) is 4.96. The van der Waals surface area contributed by atoms with Crippen LogP contribution < -0.4 is 11.2 Å². The highest BCUT2D eigenvalue weighted by molar-refractivity contribution is 5.71. The molecular formula is C6H13N3O. The van der Waals surface area contributed by atoms with Crippen LogP contribution in [0, 0.1) is 0 Å². The second-order valence-electron chi connectivity index (χ2n) is 1.92. The monoisotopic (exact) mass is 143 g/mol. The zero-order valence-electron chi connectivity index (χ0n) is 6.20. The van der Waals surface area contributed by atoms with Gasteiger partial charge in [-0.1, -0.05) is 0 Å². The highest BCUT2D eigenvalue weighted by Crippen LogP contribution is 1.89. The average Bonchev–Trinajstić information content (AvgIpc) is 1.98. The van der Waals surface area contributed by atoms with Crippen molar-refractivity contribution in [3.8, 4) is 0 Å². The van der Waals surface area contributed by atoms with Crippen molar-refractivity contribution in [1.29, 1.82) is 0 Å². The van der Waals surface area contributed by atoms with E-state index >= 15 is 0 Å². The van der Waals surface area contributed by atoms with Crippen LogP contribution in [0.3, 0.4) is 0 Å². The summed E-state index contributed by atoms with van der Waals surface area (Å²) < 4.78 is 0. The van der Waals surface area contributed by atoms with E-state index in [-0.39, 0.29) is 6.04 Å². The fourth-order valence-electron chi connectivity index (χ4n) is 0.379. The quantitative estimate of drug-likeness (QED) is 0.381. The van der Waals surface area contributed by atoms with Crippen LogP contribution in [-0.2, 0) is 0 Å². The van der Waals surface area contributed by atoms with Crippen molar-refractivity contribution in [3.63, 3.8) is 0 Å². The molecule has 0 saturated carbocycles. The first-order chi connectivity index (χ1) is 4.72. The molecule has 0 aliphatic rings. The van der Waals surface area contributed by atoms with Gasteiger partial charge in [-0.3, -0.25) is 4.99 Å². The Morgan fingerprint density at radius 2 is 2.40 bits per heavy atom. The van der Waals surface area contributed by atoms with Gasteiger partial charge in [-0.2, -0.15) is 5.48 Å². The molecule has 0 radical (unpaired) electrons. The zero-order chi connectivity index (χ0) is 7.98. The molecule has 0 aliphatic heterocycles. The van der Waals surface area contributed by atoms with Gasteiger partial charge >= 0.3 is 0 Å². The molecule has 0 amide bonds. The molecule has 0 bridgehead atoms. The van der Waals surface area contributed by atoms with Crippen LogP contribution in [-0.4, -0.2) is 24.5 Å². The summed E-state index contributed by atoms with van der Waals surface area (Å²) in [5.74, 6) is 0. The lowest BCUT2D eigenvalue weighted by molar-refractivity contribution is 0.145. The molecule has 4 heteroatoms. The van der Waals surface area contributed by atoms with Gasteiger partial charge in [0.2, 0.25) is 0 Å². The molecule has 0 aromatic rings. The van der Waals surface area contributed by atoms with Crippen LogP contribution >= 0.6 is 0 Å². The SMILES string of the molecule is CN=C/C=C(\N)C(C)NO. The smallest absolute Gasteiger partial charge is 0.0685 e. The van der Waals surface area contributed by atoms with Crippen LogP contribution in [0.2, 0.25) is 0 Å². The first kappa shape index (κ1) is 9.13. The van der Waals surface area contributed by atoms with Gasteiger partial charge in [0.25, 0.3) is 0 Å². The number of aliphatic imine (C=N–C) groups is 1. The lowest BCUT2D eigenvalue weighted by Crippen LogP contribution is -2.28. The Hall–Kier alpha value is -0.870. The maximum Gasteiger partial charge on any atom is 0.0685 e. The van der Waals surface area contributed by atoms with Crippen molar-refractivity contribution in [2.75, 3.05) is 7.05 Å². The number of hydrogen-bond acceptors (Lipinski definition) is 4. The number of hydrogen-bond donors (Lipinski definition) is 3. The van der Waals surface area contributed by atoms with Crippen LogP contribution in [0.5, 0.6) is 0 Å². The molecule has 0 aliphatic carbocycles. The summed E-state index contributed by atoms with van der Waals surface area (Å²) in [6, 6.07) is -0.224. The molecule has 10 heavy (non-hydrogen) atoms. The Balaban J connectivity index is 3.91. The third kappa shape index (κ3) is 3.21. The van der Waals surface area contributed by atoms with Gasteiger partial charge < -0.3 is 10.9 Å². The van der Waals surface area contributed by atoms with E-state index in [1.54, 1.807) is 26.3 Å². The molecule has 4 nitrogen and oxygen atoms in total. The summed E-state index contributed by atoms with van der Waals surface area (Å²) >= 11 is 0. The van der Waals surface area contributed by atoms with Crippen molar-refractivity contribution >= 4 is 6.21 Å². The Morgan fingerprint density at radius 1 is 1.80 bits per heavy atom. The van der Waals surface area contributed by atoms with Gasteiger partial charge in [0, 0.05) is 19.0 Å². The van der Waals surface area contributed by atoms with Crippen LogP contribution in [0.4, 0.5) is 0 Å². The summed E-state index contributed by atoms with van der Waals surface area (Å²) in [5.41, 5.74) is 8.03. The molecule has 0 saturated heterocycles. The zero-order valence-corrected chi connectivity index (χ0v) is 6.20. The summed E-state index contributed by atoms with van der Waals surface area (Å²) in [7, 11) is 1.65. The van der Waals surface area contributed by atoms with Gasteiger partial charge in [0.15, 0.2) is 0 Å².